The maximum Gasteiger partial charge on any atom is 1.00 e. The average Bonchev–Trinajstić information content (AvgIpc) is 2.45. The van der Waals surface area contributed by atoms with Crippen LogP contribution >= 0.6 is 0 Å². The van der Waals surface area contributed by atoms with E-state index in [9.17, 15) is 30.5 Å². The standard InChI is InChI=1S/C12H10O7S3.3Li.2H2O/c13-20(14)9-3-1-8(2-4-9)11-6-5-10(22(17,18)19)7-12(11)21(15)16;;;;;/h1-7H,(H,13,14)(H,15,16)(H,17,18,19);;;;2*1H2/q;3*+1;;/p-5. The van der Waals surface area contributed by atoms with Crippen molar-refractivity contribution in [3.8, 4) is 11.1 Å². The van der Waals surface area contributed by atoms with Gasteiger partial charge in [0.05, 0.1) is 4.90 Å². The van der Waals surface area contributed by atoms with Crippen LogP contribution in [0.3, 0.4) is 0 Å². The van der Waals surface area contributed by atoms with Crippen LogP contribution in [0.15, 0.2) is 57.2 Å². The second-order valence-electron chi connectivity index (χ2n) is 4.11. The van der Waals surface area contributed by atoms with E-state index in [2.05, 4.69) is 0 Å². The Hall–Kier alpha value is 0.282. The van der Waals surface area contributed by atoms with Gasteiger partial charge in [-0.3, -0.25) is 8.42 Å². The van der Waals surface area contributed by atoms with E-state index in [1.165, 1.54) is 30.3 Å². The van der Waals surface area contributed by atoms with E-state index in [1.807, 2.05) is 0 Å². The van der Waals surface area contributed by atoms with Crippen molar-refractivity contribution < 1.29 is 98.0 Å². The molecule has 0 saturated heterocycles. The minimum Gasteiger partial charge on any atom is -0.870 e. The average molecular weight is 414 g/mol. The summed E-state index contributed by atoms with van der Waals surface area (Å²) in [5, 5.41) is 0. The van der Waals surface area contributed by atoms with Gasteiger partial charge in [0.25, 0.3) is 0 Å². The molecule has 0 amide bonds. The molecular formula is C12H9Li3O9S3-2. The van der Waals surface area contributed by atoms with Crippen molar-refractivity contribution in [2.45, 2.75) is 14.7 Å². The van der Waals surface area contributed by atoms with Crippen molar-refractivity contribution in [3.05, 3.63) is 42.5 Å². The maximum atomic E-state index is 11.3. The zero-order chi connectivity index (χ0) is 16.5. The third kappa shape index (κ3) is 9.09. The summed E-state index contributed by atoms with van der Waals surface area (Å²) in [6, 6.07) is 8.24. The predicted octanol–water partition coefficient (Wildman–Crippen LogP) is -8.61. The summed E-state index contributed by atoms with van der Waals surface area (Å²) in [5.41, 5.74) is 0.521. The first-order valence-electron chi connectivity index (χ1n) is 5.59. The summed E-state index contributed by atoms with van der Waals surface area (Å²) in [5.74, 6) is 0. The normalized spacial score (nSPS) is 11.8. The molecule has 27 heavy (non-hydrogen) atoms. The molecule has 0 fully saturated rings. The van der Waals surface area contributed by atoms with Crippen LogP contribution < -0.4 is 56.6 Å². The first-order valence-corrected chi connectivity index (χ1v) is 9.15. The first kappa shape index (κ1) is 34.8. The molecule has 0 bridgehead atoms. The Morgan fingerprint density at radius 1 is 0.778 bits per heavy atom. The molecule has 0 aliphatic carbocycles. The fourth-order valence-electron chi connectivity index (χ4n) is 1.78. The van der Waals surface area contributed by atoms with Gasteiger partial charge >= 0.3 is 56.6 Å². The van der Waals surface area contributed by atoms with Gasteiger partial charge in [-0.15, -0.1) is 0 Å². The molecule has 0 heterocycles. The number of rotatable bonds is 4. The smallest absolute Gasteiger partial charge is 0.870 e. The SMILES string of the molecule is O=S([O-])c1ccc(-c2ccc(S(=O)(=O)[O-])cc2S(=O)[O-])cc1.[Li+].[Li+].[Li+].[OH-].[OH-]. The molecular weight excluding hydrogens is 405 g/mol. The Morgan fingerprint density at radius 2 is 1.26 bits per heavy atom. The van der Waals surface area contributed by atoms with Crippen LogP contribution in [0.4, 0.5) is 0 Å². The molecule has 2 rings (SSSR count). The second-order valence-corrected chi connectivity index (χ2v) is 7.34. The van der Waals surface area contributed by atoms with Crippen LogP contribution in [0.25, 0.3) is 11.1 Å². The van der Waals surface area contributed by atoms with Crippen molar-refractivity contribution in [2.75, 3.05) is 0 Å². The summed E-state index contributed by atoms with van der Waals surface area (Å²) in [6.07, 6.45) is 0. The van der Waals surface area contributed by atoms with Gasteiger partial charge in [0.15, 0.2) is 0 Å². The molecule has 0 aromatic heterocycles. The van der Waals surface area contributed by atoms with E-state index in [-0.39, 0.29) is 82.9 Å². The molecule has 2 aromatic rings. The van der Waals surface area contributed by atoms with Crippen molar-refractivity contribution in [2.24, 2.45) is 0 Å². The maximum absolute atomic E-state index is 11.3. The van der Waals surface area contributed by atoms with Gasteiger partial charge in [-0.25, -0.2) is 8.42 Å². The first-order chi connectivity index (χ1) is 10.2. The van der Waals surface area contributed by atoms with Gasteiger partial charge in [-0.05, 0) is 57.6 Å². The second kappa shape index (κ2) is 14.3. The fourth-order valence-corrected chi connectivity index (χ4v) is 3.30. The molecule has 0 saturated carbocycles. The molecule has 2 atom stereocenters. The van der Waals surface area contributed by atoms with Crippen molar-refractivity contribution in [1.29, 1.82) is 0 Å². The molecule has 134 valence electrons. The summed E-state index contributed by atoms with van der Waals surface area (Å²) < 4.78 is 76.9. The van der Waals surface area contributed by atoms with Gasteiger partial charge in [-0.2, -0.15) is 0 Å². The van der Waals surface area contributed by atoms with Gasteiger partial charge in [0.1, 0.15) is 10.1 Å². The number of hydrogen-bond acceptors (Lipinski definition) is 9. The van der Waals surface area contributed by atoms with E-state index in [0.717, 1.165) is 12.1 Å². The largest absolute Gasteiger partial charge is 1.00 e. The van der Waals surface area contributed by atoms with Crippen LogP contribution in [0.5, 0.6) is 0 Å². The predicted molar refractivity (Wildman–Crippen MR) is 78.1 cm³/mol. The van der Waals surface area contributed by atoms with Crippen LogP contribution in [-0.4, -0.2) is 41.4 Å². The minimum absolute atomic E-state index is 0. The molecule has 9 nitrogen and oxygen atoms in total. The molecule has 2 unspecified atom stereocenters. The third-order valence-corrected chi connectivity index (χ3v) is 4.96. The van der Waals surface area contributed by atoms with E-state index < -0.39 is 37.2 Å². The zero-order valence-electron chi connectivity index (χ0n) is 14.5. The van der Waals surface area contributed by atoms with Crippen LogP contribution in [0.1, 0.15) is 0 Å². The van der Waals surface area contributed by atoms with Crippen molar-refractivity contribution in [1.82, 2.24) is 0 Å². The van der Waals surface area contributed by atoms with Gasteiger partial charge in [0.2, 0.25) is 0 Å². The fraction of sp³-hybridized carbons (Fsp3) is 0. The molecule has 0 spiro atoms. The Morgan fingerprint density at radius 3 is 1.63 bits per heavy atom. The Labute approximate surface area is 197 Å². The van der Waals surface area contributed by atoms with Gasteiger partial charge in [0, 0.05) is 9.79 Å². The van der Waals surface area contributed by atoms with E-state index in [1.54, 1.807) is 0 Å². The Kier molecular flexibility index (Phi) is 18.4. The van der Waals surface area contributed by atoms with Gasteiger partial charge in [-0.1, -0.05) is 18.2 Å². The van der Waals surface area contributed by atoms with Crippen LogP contribution in [-0.2, 0) is 32.3 Å². The third-order valence-electron chi connectivity index (χ3n) is 2.78. The van der Waals surface area contributed by atoms with Crippen molar-refractivity contribution >= 4 is 32.3 Å². The number of hydrogen-bond donors (Lipinski definition) is 0. The van der Waals surface area contributed by atoms with Crippen LogP contribution in [0.2, 0.25) is 0 Å². The van der Waals surface area contributed by atoms with E-state index in [4.69, 9.17) is 0 Å². The summed E-state index contributed by atoms with van der Waals surface area (Å²) in [4.78, 5) is -1.01. The Balaban J connectivity index is -0.000000529. The van der Waals surface area contributed by atoms with Gasteiger partial charge < -0.3 is 24.6 Å². The summed E-state index contributed by atoms with van der Waals surface area (Å²) >= 11 is -5.19. The van der Waals surface area contributed by atoms with Crippen molar-refractivity contribution in [3.63, 3.8) is 0 Å². The van der Waals surface area contributed by atoms with Crippen LogP contribution in [0, 0.1) is 0 Å². The number of benzene rings is 2. The Bertz CT molecular complexity index is 873. The minimum atomic E-state index is -4.78. The quantitative estimate of drug-likeness (QED) is 0.265. The topological polar surface area (TPSA) is 197 Å². The summed E-state index contributed by atoms with van der Waals surface area (Å²) in [7, 11) is -4.78. The molecule has 15 heteroatoms. The van der Waals surface area contributed by atoms with E-state index in [0.29, 0.717) is 5.56 Å². The zero-order valence-corrected chi connectivity index (χ0v) is 17.0. The van der Waals surface area contributed by atoms with E-state index >= 15 is 0 Å². The molecule has 2 aromatic carbocycles. The molecule has 0 radical (unpaired) electrons. The molecule has 0 aliphatic rings. The monoisotopic (exact) mass is 414 g/mol. The molecule has 2 N–H and O–H groups in total. The molecule has 0 aliphatic heterocycles. The summed E-state index contributed by atoms with van der Waals surface area (Å²) in [6.45, 7) is 0.